The Morgan fingerprint density at radius 3 is 3.14 bits per heavy atom. The van der Waals surface area contributed by atoms with Crippen LogP contribution in [0.4, 0.5) is 0 Å². The van der Waals surface area contributed by atoms with Crippen LogP contribution in [-0.4, -0.2) is 13.1 Å². The molecule has 2 aliphatic rings. The van der Waals surface area contributed by atoms with Gasteiger partial charge >= 0.3 is 5.97 Å². The zero-order chi connectivity index (χ0) is 10.1. The summed E-state index contributed by atoms with van der Waals surface area (Å²) in [5.41, 5.74) is 1.51. The van der Waals surface area contributed by atoms with E-state index in [1.54, 1.807) is 12.3 Å². The van der Waals surface area contributed by atoms with Crippen molar-refractivity contribution in [3.63, 3.8) is 0 Å². The van der Waals surface area contributed by atoms with Crippen molar-refractivity contribution in [3.05, 3.63) is 34.1 Å². The lowest BCUT2D eigenvalue weighted by Crippen LogP contribution is -2.18. The van der Waals surface area contributed by atoms with Crippen LogP contribution in [0.25, 0.3) is 0 Å². The Labute approximate surface area is 89.2 Å². The molecule has 1 aliphatic heterocycles. The van der Waals surface area contributed by atoms with Gasteiger partial charge < -0.3 is 4.74 Å². The van der Waals surface area contributed by atoms with Crippen molar-refractivity contribution in [3.8, 4) is 0 Å². The highest BCUT2D eigenvalue weighted by molar-refractivity contribution is 9.11. The number of rotatable bonds is 1. The molecule has 0 fully saturated rings. The summed E-state index contributed by atoms with van der Waals surface area (Å²) in [6.45, 7) is 0. The molecule has 14 heavy (non-hydrogen) atoms. The number of azo groups is 1. The van der Waals surface area contributed by atoms with E-state index >= 15 is 0 Å². The van der Waals surface area contributed by atoms with Gasteiger partial charge in [0.2, 0.25) is 0 Å². The standard InChI is InChI=1S/C9H7BrN2O2/c1-14-9(13)6-2-5(10)3-8-7(6)4-11-12-8/h2-4,6H,1H3/t6-/m0/s1. The molecule has 1 heterocycles. The van der Waals surface area contributed by atoms with E-state index in [0.29, 0.717) is 0 Å². The molecule has 0 radical (unpaired) electrons. The zero-order valence-corrected chi connectivity index (χ0v) is 8.98. The Hall–Kier alpha value is -1.23. The second kappa shape index (κ2) is 3.49. The van der Waals surface area contributed by atoms with Gasteiger partial charge in [-0.05, 0) is 6.08 Å². The van der Waals surface area contributed by atoms with Crippen LogP contribution < -0.4 is 0 Å². The molecule has 1 atom stereocenters. The Balaban J connectivity index is 2.37. The van der Waals surface area contributed by atoms with Crippen molar-refractivity contribution < 1.29 is 9.53 Å². The van der Waals surface area contributed by atoms with Gasteiger partial charge in [-0.15, -0.1) is 0 Å². The molecular formula is C9H7BrN2O2. The number of esters is 1. The smallest absolute Gasteiger partial charge is 0.317 e. The summed E-state index contributed by atoms with van der Waals surface area (Å²) >= 11 is 3.31. The summed E-state index contributed by atoms with van der Waals surface area (Å²) in [5, 5.41) is 7.65. The van der Waals surface area contributed by atoms with Crippen molar-refractivity contribution in [2.45, 2.75) is 0 Å². The summed E-state index contributed by atoms with van der Waals surface area (Å²) < 4.78 is 5.51. The average molecular weight is 255 g/mol. The first-order valence-electron chi connectivity index (χ1n) is 4.00. The number of hydrogen-bond acceptors (Lipinski definition) is 4. The van der Waals surface area contributed by atoms with Crippen LogP contribution >= 0.6 is 15.9 Å². The van der Waals surface area contributed by atoms with E-state index in [0.717, 1.165) is 15.8 Å². The summed E-state index contributed by atoms with van der Waals surface area (Å²) in [6, 6.07) is 0. The fraction of sp³-hybridized carbons (Fsp3) is 0.222. The number of halogens is 1. The maximum atomic E-state index is 11.4. The number of fused-ring (bicyclic) bond motifs is 1. The first-order chi connectivity index (χ1) is 6.72. The second-order valence-electron chi connectivity index (χ2n) is 2.88. The molecule has 0 saturated heterocycles. The first-order valence-corrected chi connectivity index (χ1v) is 4.80. The molecular weight excluding hydrogens is 248 g/mol. The third kappa shape index (κ3) is 1.43. The Morgan fingerprint density at radius 1 is 1.64 bits per heavy atom. The van der Waals surface area contributed by atoms with Crippen molar-refractivity contribution in [1.82, 2.24) is 0 Å². The zero-order valence-electron chi connectivity index (χ0n) is 7.40. The maximum Gasteiger partial charge on any atom is 0.317 e. The van der Waals surface area contributed by atoms with E-state index < -0.39 is 5.92 Å². The van der Waals surface area contributed by atoms with Crippen molar-refractivity contribution in [2.75, 3.05) is 7.11 Å². The van der Waals surface area contributed by atoms with Gasteiger partial charge in [-0.3, -0.25) is 4.79 Å². The van der Waals surface area contributed by atoms with E-state index in [2.05, 4.69) is 26.2 Å². The molecule has 72 valence electrons. The molecule has 0 amide bonds. The third-order valence-electron chi connectivity index (χ3n) is 2.05. The molecule has 5 heteroatoms. The Kier molecular flexibility index (Phi) is 2.33. The molecule has 2 rings (SSSR count). The molecule has 0 unspecified atom stereocenters. The molecule has 0 aromatic heterocycles. The number of nitrogens with zero attached hydrogens (tertiary/aromatic N) is 2. The van der Waals surface area contributed by atoms with E-state index in [-0.39, 0.29) is 5.97 Å². The lowest BCUT2D eigenvalue weighted by Gasteiger charge is -2.15. The highest BCUT2D eigenvalue weighted by Gasteiger charge is 2.29. The van der Waals surface area contributed by atoms with Gasteiger partial charge in [-0.2, -0.15) is 10.2 Å². The van der Waals surface area contributed by atoms with Gasteiger partial charge in [-0.1, -0.05) is 22.0 Å². The van der Waals surface area contributed by atoms with Crippen LogP contribution in [0.3, 0.4) is 0 Å². The molecule has 0 aromatic carbocycles. The first kappa shape index (κ1) is 9.33. The van der Waals surface area contributed by atoms with E-state index in [1.165, 1.54) is 7.11 Å². The normalized spacial score (nSPS) is 23.6. The van der Waals surface area contributed by atoms with Crippen molar-refractivity contribution >= 4 is 21.9 Å². The van der Waals surface area contributed by atoms with E-state index in [9.17, 15) is 4.79 Å². The van der Waals surface area contributed by atoms with Gasteiger partial charge in [-0.25, -0.2) is 0 Å². The largest absolute Gasteiger partial charge is 0.468 e. The van der Waals surface area contributed by atoms with Crippen molar-refractivity contribution in [1.29, 1.82) is 0 Å². The van der Waals surface area contributed by atoms with Crippen LogP contribution in [0.5, 0.6) is 0 Å². The number of hydrogen-bond donors (Lipinski definition) is 0. The summed E-state index contributed by atoms with van der Waals surface area (Å²) in [5.74, 6) is -0.699. The topological polar surface area (TPSA) is 51.0 Å². The molecule has 0 bridgehead atoms. The van der Waals surface area contributed by atoms with Gasteiger partial charge in [0.1, 0.15) is 5.92 Å². The van der Waals surface area contributed by atoms with E-state index in [1.807, 2.05) is 6.08 Å². The summed E-state index contributed by atoms with van der Waals surface area (Å²) in [7, 11) is 1.37. The van der Waals surface area contributed by atoms with Crippen LogP contribution in [0, 0.1) is 5.92 Å². The quantitative estimate of drug-likeness (QED) is 0.675. The molecule has 4 nitrogen and oxygen atoms in total. The van der Waals surface area contributed by atoms with Gasteiger partial charge in [0, 0.05) is 10.1 Å². The van der Waals surface area contributed by atoms with Crippen molar-refractivity contribution in [2.24, 2.45) is 16.1 Å². The predicted octanol–water partition coefficient (Wildman–Crippen LogP) is 2.30. The lowest BCUT2D eigenvalue weighted by molar-refractivity contribution is -0.142. The van der Waals surface area contributed by atoms with Gasteiger partial charge in [0.05, 0.1) is 19.0 Å². The molecule has 0 N–H and O–H groups in total. The van der Waals surface area contributed by atoms with Crippen LogP contribution in [0.15, 0.2) is 44.3 Å². The fourth-order valence-corrected chi connectivity index (χ4v) is 1.86. The minimum absolute atomic E-state index is 0.300. The SMILES string of the molecule is COC(=O)[C@H]1C=C(Br)C=C2N=NC=C21. The number of ether oxygens (including phenoxy) is 1. The molecule has 0 aromatic rings. The fourth-order valence-electron chi connectivity index (χ4n) is 1.38. The average Bonchev–Trinajstić information content (AvgIpc) is 2.62. The summed E-state index contributed by atoms with van der Waals surface area (Å²) in [4.78, 5) is 11.4. The van der Waals surface area contributed by atoms with Crippen LogP contribution in [0.1, 0.15) is 0 Å². The van der Waals surface area contributed by atoms with Crippen LogP contribution in [-0.2, 0) is 9.53 Å². The Bertz CT molecular complexity index is 407. The number of allylic oxidation sites excluding steroid dienone is 3. The second-order valence-corrected chi connectivity index (χ2v) is 3.80. The monoisotopic (exact) mass is 254 g/mol. The van der Waals surface area contributed by atoms with Gasteiger partial charge in [0.25, 0.3) is 0 Å². The number of carbonyl (C=O) groups is 1. The third-order valence-corrected chi connectivity index (χ3v) is 2.54. The van der Waals surface area contributed by atoms with E-state index in [4.69, 9.17) is 4.74 Å². The maximum absolute atomic E-state index is 11.4. The Morgan fingerprint density at radius 2 is 2.43 bits per heavy atom. The summed E-state index contributed by atoms with van der Waals surface area (Å²) in [6.07, 6.45) is 5.18. The minimum atomic E-state index is -0.399. The van der Waals surface area contributed by atoms with Crippen LogP contribution in [0.2, 0.25) is 0 Å². The lowest BCUT2D eigenvalue weighted by atomic mass is 9.93. The molecule has 1 aliphatic carbocycles. The number of carbonyl (C=O) groups excluding carboxylic acids is 1. The highest BCUT2D eigenvalue weighted by Crippen LogP contribution is 2.35. The molecule has 0 spiro atoms. The minimum Gasteiger partial charge on any atom is -0.468 e. The number of methoxy groups -OCH3 is 1. The highest BCUT2D eigenvalue weighted by atomic mass is 79.9. The molecule has 0 saturated carbocycles. The predicted molar refractivity (Wildman–Crippen MR) is 53.5 cm³/mol. The van der Waals surface area contributed by atoms with Gasteiger partial charge in [0.15, 0.2) is 0 Å².